The van der Waals surface area contributed by atoms with Crippen LogP contribution in [0.2, 0.25) is 5.02 Å². The summed E-state index contributed by atoms with van der Waals surface area (Å²) in [6.07, 6.45) is 4.55. The topological polar surface area (TPSA) is 56.5 Å². The summed E-state index contributed by atoms with van der Waals surface area (Å²) in [6.45, 7) is 2.11. The minimum Gasteiger partial charge on any atom is -0.465 e. The van der Waals surface area contributed by atoms with Crippen LogP contribution in [0, 0.1) is 0 Å². The van der Waals surface area contributed by atoms with Crippen molar-refractivity contribution in [3.8, 4) is 0 Å². The summed E-state index contributed by atoms with van der Waals surface area (Å²) in [5.41, 5.74) is 0.961. The quantitative estimate of drug-likeness (QED) is 0.799. The largest absolute Gasteiger partial charge is 0.465 e. The van der Waals surface area contributed by atoms with E-state index in [2.05, 4.69) is 21.9 Å². The monoisotopic (exact) mass is 267 g/mol. The van der Waals surface area contributed by atoms with Gasteiger partial charge in [0.25, 0.3) is 0 Å². The molecule has 96 valence electrons. The number of methoxy groups -OCH3 is 1. The molecule has 0 bridgehead atoms. The first-order valence-corrected chi connectivity index (χ1v) is 6.16. The number of aryl methyl sites for hydroxylation is 1. The lowest BCUT2D eigenvalue weighted by atomic mass is 10.2. The number of ether oxygens (including phenoxy) is 1. The number of halogens is 1. The van der Waals surface area contributed by atoms with Crippen LogP contribution in [0.25, 0.3) is 5.65 Å². The lowest BCUT2D eigenvalue weighted by Crippen LogP contribution is -2.04. The fourth-order valence-corrected chi connectivity index (χ4v) is 1.98. The number of carbonyl (C=O) groups excluding carboxylic acids is 1. The molecule has 2 aromatic heterocycles. The Morgan fingerprint density at radius 2 is 2.28 bits per heavy atom. The average molecular weight is 268 g/mol. The van der Waals surface area contributed by atoms with Gasteiger partial charge in [0.15, 0.2) is 5.65 Å². The van der Waals surface area contributed by atoms with Gasteiger partial charge in [-0.2, -0.15) is 0 Å². The second kappa shape index (κ2) is 5.35. The van der Waals surface area contributed by atoms with Crippen LogP contribution in [-0.2, 0) is 11.2 Å². The molecule has 0 atom stereocenters. The summed E-state index contributed by atoms with van der Waals surface area (Å²) in [7, 11) is 1.34. The van der Waals surface area contributed by atoms with E-state index in [1.54, 1.807) is 16.7 Å². The number of hydrogen-bond acceptors (Lipinski definition) is 4. The molecule has 6 heteroatoms. The SMILES string of the molecule is CCCCc1nnc2c(Cl)cc(C(=O)OC)cn12. The van der Waals surface area contributed by atoms with Crippen LogP contribution in [0.3, 0.4) is 0 Å². The van der Waals surface area contributed by atoms with Crippen LogP contribution in [0.5, 0.6) is 0 Å². The molecule has 5 nitrogen and oxygen atoms in total. The zero-order chi connectivity index (χ0) is 13.1. The van der Waals surface area contributed by atoms with E-state index >= 15 is 0 Å². The molecule has 0 radical (unpaired) electrons. The summed E-state index contributed by atoms with van der Waals surface area (Å²) in [5, 5.41) is 8.52. The molecule has 0 saturated carbocycles. The van der Waals surface area contributed by atoms with Gasteiger partial charge in [-0.25, -0.2) is 4.79 Å². The van der Waals surface area contributed by atoms with Gasteiger partial charge in [-0.15, -0.1) is 10.2 Å². The van der Waals surface area contributed by atoms with Crippen molar-refractivity contribution in [1.29, 1.82) is 0 Å². The third kappa shape index (κ3) is 2.31. The molecule has 2 rings (SSSR count). The Kier molecular flexibility index (Phi) is 3.81. The highest BCUT2D eigenvalue weighted by atomic mass is 35.5. The smallest absolute Gasteiger partial charge is 0.339 e. The number of carbonyl (C=O) groups is 1. The standard InChI is InChI=1S/C12H14ClN3O2/c1-3-4-5-10-14-15-11-9(13)6-8(7-16(10)11)12(17)18-2/h6-7H,3-5H2,1-2H3. The summed E-state index contributed by atoms with van der Waals surface area (Å²) >= 11 is 6.08. The number of nitrogens with zero attached hydrogens (tertiary/aromatic N) is 3. The highest BCUT2D eigenvalue weighted by Crippen LogP contribution is 2.19. The summed E-state index contributed by atoms with van der Waals surface area (Å²) < 4.78 is 6.44. The van der Waals surface area contributed by atoms with E-state index < -0.39 is 5.97 Å². The number of rotatable bonds is 4. The molecule has 0 aromatic carbocycles. The Balaban J connectivity index is 2.50. The molecule has 0 amide bonds. The predicted octanol–water partition coefficient (Wildman–Crippen LogP) is 2.51. The van der Waals surface area contributed by atoms with E-state index in [0.29, 0.717) is 16.2 Å². The third-order valence-corrected chi connectivity index (χ3v) is 2.98. The minimum atomic E-state index is -0.422. The van der Waals surface area contributed by atoms with Crippen molar-refractivity contribution < 1.29 is 9.53 Å². The molecule has 0 N–H and O–H groups in total. The normalized spacial score (nSPS) is 10.8. The van der Waals surface area contributed by atoms with Gasteiger partial charge in [0.05, 0.1) is 17.7 Å². The molecule has 0 aliphatic heterocycles. The van der Waals surface area contributed by atoms with E-state index in [4.69, 9.17) is 11.6 Å². The molecule has 0 spiro atoms. The average Bonchev–Trinajstić information content (AvgIpc) is 2.79. The molecule has 0 fully saturated rings. The van der Waals surface area contributed by atoms with Gasteiger partial charge in [0.2, 0.25) is 0 Å². The predicted molar refractivity (Wildman–Crippen MR) is 67.9 cm³/mol. The maximum Gasteiger partial charge on any atom is 0.339 e. The van der Waals surface area contributed by atoms with Crippen molar-refractivity contribution in [2.45, 2.75) is 26.2 Å². The van der Waals surface area contributed by atoms with Crippen molar-refractivity contribution in [2.24, 2.45) is 0 Å². The second-order valence-electron chi connectivity index (χ2n) is 3.98. The van der Waals surface area contributed by atoms with Gasteiger partial charge in [-0.05, 0) is 12.5 Å². The Bertz CT molecular complexity index is 580. The van der Waals surface area contributed by atoms with E-state index in [-0.39, 0.29) is 0 Å². The van der Waals surface area contributed by atoms with Crippen LogP contribution in [0.1, 0.15) is 35.9 Å². The Morgan fingerprint density at radius 1 is 1.50 bits per heavy atom. The molecule has 18 heavy (non-hydrogen) atoms. The molecule has 2 aromatic rings. The van der Waals surface area contributed by atoms with Gasteiger partial charge < -0.3 is 4.74 Å². The number of hydrogen-bond donors (Lipinski definition) is 0. The molecule has 0 aliphatic carbocycles. The first-order valence-electron chi connectivity index (χ1n) is 5.78. The fraction of sp³-hybridized carbons (Fsp3) is 0.417. The zero-order valence-corrected chi connectivity index (χ0v) is 11.1. The first kappa shape index (κ1) is 12.8. The Morgan fingerprint density at radius 3 is 2.94 bits per heavy atom. The van der Waals surface area contributed by atoms with Crippen molar-refractivity contribution >= 4 is 23.2 Å². The number of esters is 1. The fourth-order valence-electron chi connectivity index (χ4n) is 1.73. The highest BCUT2D eigenvalue weighted by molar-refractivity contribution is 6.33. The van der Waals surface area contributed by atoms with E-state index in [9.17, 15) is 4.79 Å². The van der Waals surface area contributed by atoms with Crippen molar-refractivity contribution in [2.75, 3.05) is 7.11 Å². The first-order chi connectivity index (χ1) is 8.67. The minimum absolute atomic E-state index is 0.396. The Labute approximate surface area is 110 Å². The van der Waals surface area contributed by atoms with Crippen LogP contribution in [-0.4, -0.2) is 27.7 Å². The molecule has 0 unspecified atom stereocenters. The van der Waals surface area contributed by atoms with Gasteiger partial charge >= 0.3 is 5.97 Å². The number of pyridine rings is 1. The van der Waals surface area contributed by atoms with Crippen LogP contribution >= 0.6 is 11.6 Å². The Hall–Kier alpha value is -1.62. The molecule has 2 heterocycles. The van der Waals surface area contributed by atoms with Crippen LogP contribution < -0.4 is 0 Å². The van der Waals surface area contributed by atoms with Crippen LogP contribution in [0.4, 0.5) is 0 Å². The third-order valence-electron chi connectivity index (χ3n) is 2.71. The summed E-state index contributed by atoms with van der Waals surface area (Å²) in [5.74, 6) is 0.383. The molecular formula is C12H14ClN3O2. The van der Waals surface area contributed by atoms with Gasteiger partial charge in [-0.3, -0.25) is 4.40 Å². The lowest BCUT2D eigenvalue weighted by molar-refractivity contribution is 0.0600. The number of unbranched alkanes of at least 4 members (excludes halogenated alkanes) is 1. The van der Waals surface area contributed by atoms with E-state index in [0.717, 1.165) is 25.1 Å². The molecular weight excluding hydrogens is 254 g/mol. The van der Waals surface area contributed by atoms with Crippen molar-refractivity contribution in [3.05, 3.63) is 28.7 Å². The van der Waals surface area contributed by atoms with Crippen molar-refractivity contribution in [1.82, 2.24) is 14.6 Å². The molecule has 0 aliphatic rings. The summed E-state index contributed by atoms with van der Waals surface area (Å²) in [6, 6.07) is 1.54. The van der Waals surface area contributed by atoms with E-state index in [1.807, 2.05) is 0 Å². The maximum absolute atomic E-state index is 11.5. The van der Waals surface area contributed by atoms with Gasteiger partial charge in [0, 0.05) is 12.6 Å². The maximum atomic E-state index is 11.5. The lowest BCUT2D eigenvalue weighted by Gasteiger charge is -2.04. The van der Waals surface area contributed by atoms with Gasteiger partial charge in [0.1, 0.15) is 5.82 Å². The van der Waals surface area contributed by atoms with Crippen molar-refractivity contribution in [3.63, 3.8) is 0 Å². The van der Waals surface area contributed by atoms with Crippen LogP contribution in [0.15, 0.2) is 12.3 Å². The number of fused-ring (bicyclic) bond motifs is 1. The highest BCUT2D eigenvalue weighted by Gasteiger charge is 2.13. The second-order valence-corrected chi connectivity index (χ2v) is 4.39. The van der Waals surface area contributed by atoms with E-state index in [1.165, 1.54) is 7.11 Å². The van der Waals surface area contributed by atoms with Gasteiger partial charge in [-0.1, -0.05) is 24.9 Å². The number of aromatic nitrogens is 3. The molecule has 0 saturated heterocycles. The zero-order valence-electron chi connectivity index (χ0n) is 10.3. The summed E-state index contributed by atoms with van der Waals surface area (Å²) in [4.78, 5) is 11.5.